The molecule has 0 aliphatic carbocycles. The first-order chi connectivity index (χ1) is 13.6. The van der Waals surface area contributed by atoms with Gasteiger partial charge in [0.1, 0.15) is 11.4 Å². The van der Waals surface area contributed by atoms with Crippen LogP contribution in [0.3, 0.4) is 0 Å². The fourth-order valence-electron chi connectivity index (χ4n) is 3.31. The molecule has 1 aromatic carbocycles. The van der Waals surface area contributed by atoms with Gasteiger partial charge in [0, 0.05) is 45.0 Å². The van der Waals surface area contributed by atoms with Gasteiger partial charge in [0.2, 0.25) is 5.91 Å². The molecule has 0 spiro atoms. The molecule has 0 saturated carbocycles. The van der Waals surface area contributed by atoms with Gasteiger partial charge in [0.25, 0.3) is 0 Å². The number of pyridine rings is 1. The number of aromatic nitrogens is 2. The molecule has 0 bridgehead atoms. The van der Waals surface area contributed by atoms with Gasteiger partial charge in [-0.15, -0.1) is 0 Å². The lowest BCUT2D eigenvalue weighted by molar-refractivity contribution is -0.121. The molecule has 1 atom stereocenters. The number of amides is 1. The van der Waals surface area contributed by atoms with Crippen LogP contribution in [-0.4, -0.2) is 42.7 Å². The Hall–Kier alpha value is -2.86. The van der Waals surface area contributed by atoms with E-state index in [1.807, 2.05) is 55.7 Å². The summed E-state index contributed by atoms with van der Waals surface area (Å²) in [6.07, 6.45) is 5.00. The van der Waals surface area contributed by atoms with Crippen LogP contribution in [0.1, 0.15) is 35.6 Å². The third-order valence-corrected chi connectivity index (χ3v) is 4.79. The zero-order chi connectivity index (χ0) is 19.9. The summed E-state index contributed by atoms with van der Waals surface area (Å²) in [5, 5.41) is 2.99. The number of benzene rings is 1. The van der Waals surface area contributed by atoms with E-state index in [1.54, 1.807) is 14.2 Å². The Morgan fingerprint density at radius 2 is 2.11 bits per heavy atom. The molecule has 0 radical (unpaired) electrons. The second-order valence-corrected chi connectivity index (χ2v) is 6.84. The number of carbonyl (C=O) groups excluding carboxylic acids is 1. The summed E-state index contributed by atoms with van der Waals surface area (Å²) in [7, 11) is 3.31. The average Bonchev–Trinajstić information content (AvgIpc) is 3.12. The first kappa shape index (κ1) is 19.9. The highest BCUT2D eigenvalue weighted by molar-refractivity contribution is 5.77. The Bertz CT molecular complexity index is 936. The molecule has 3 rings (SSSR count). The van der Waals surface area contributed by atoms with Crippen LogP contribution >= 0.6 is 0 Å². The molecule has 6 heteroatoms. The number of ether oxygens (including phenoxy) is 2. The van der Waals surface area contributed by atoms with Gasteiger partial charge in [-0.25, -0.2) is 4.98 Å². The second kappa shape index (κ2) is 9.37. The highest BCUT2D eigenvalue weighted by atomic mass is 16.5. The fourth-order valence-corrected chi connectivity index (χ4v) is 3.31. The molecular formula is C22H27N3O3. The molecule has 1 amide bonds. The van der Waals surface area contributed by atoms with Gasteiger partial charge < -0.3 is 19.2 Å². The van der Waals surface area contributed by atoms with Crippen LogP contribution in [0.5, 0.6) is 5.75 Å². The monoisotopic (exact) mass is 381 g/mol. The van der Waals surface area contributed by atoms with Gasteiger partial charge >= 0.3 is 0 Å². The zero-order valence-corrected chi connectivity index (χ0v) is 16.6. The van der Waals surface area contributed by atoms with Gasteiger partial charge in [0.15, 0.2) is 0 Å². The average molecular weight is 381 g/mol. The molecule has 2 aromatic heterocycles. The van der Waals surface area contributed by atoms with Crippen molar-refractivity contribution in [2.75, 3.05) is 27.4 Å². The maximum absolute atomic E-state index is 12.6. The Balaban J connectivity index is 1.90. The molecule has 6 nitrogen and oxygen atoms in total. The van der Waals surface area contributed by atoms with E-state index in [-0.39, 0.29) is 11.8 Å². The lowest BCUT2D eigenvalue weighted by Crippen LogP contribution is -2.27. The molecule has 0 aliphatic heterocycles. The predicted molar refractivity (Wildman–Crippen MR) is 109 cm³/mol. The SMILES string of the molecule is COCCCNC(=O)CC(c1cccc(OC)c1)c1cnc2cc(C)ccn12. The van der Waals surface area contributed by atoms with E-state index in [2.05, 4.69) is 14.7 Å². The minimum atomic E-state index is -0.129. The van der Waals surface area contributed by atoms with Crippen molar-refractivity contribution in [3.63, 3.8) is 0 Å². The van der Waals surface area contributed by atoms with Crippen molar-refractivity contribution in [1.82, 2.24) is 14.7 Å². The number of methoxy groups -OCH3 is 2. The third-order valence-electron chi connectivity index (χ3n) is 4.79. The lowest BCUT2D eigenvalue weighted by Gasteiger charge is -2.18. The summed E-state index contributed by atoms with van der Waals surface area (Å²) in [4.78, 5) is 17.2. The quantitative estimate of drug-likeness (QED) is 0.578. The van der Waals surface area contributed by atoms with Crippen molar-refractivity contribution in [3.05, 3.63) is 65.6 Å². The number of imidazole rings is 1. The Labute approximate surface area is 165 Å². The van der Waals surface area contributed by atoms with Crippen LogP contribution in [0.4, 0.5) is 0 Å². The first-order valence-electron chi connectivity index (χ1n) is 9.45. The van der Waals surface area contributed by atoms with Crippen molar-refractivity contribution in [2.24, 2.45) is 0 Å². The molecule has 2 heterocycles. The summed E-state index contributed by atoms with van der Waals surface area (Å²) in [6.45, 7) is 3.28. The fraction of sp³-hybridized carbons (Fsp3) is 0.364. The second-order valence-electron chi connectivity index (χ2n) is 6.84. The maximum Gasteiger partial charge on any atom is 0.221 e. The van der Waals surface area contributed by atoms with Crippen LogP contribution in [0, 0.1) is 6.92 Å². The summed E-state index contributed by atoms with van der Waals surface area (Å²) < 4.78 is 12.5. The largest absolute Gasteiger partial charge is 0.497 e. The highest BCUT2D eigenvalue weighted by Crippen LogP contribution is 2.31. The number of rotatable bonds is 9. The predicted octanol–water partition coefficient (Wildman–Crippen LogP) is 3.33. The van der Waals surface area contributed by atoms with Crippen molar-refractivity contribution in [3.8, 4) is 5.75 Å². The van der Waals surface area contributed by atoms with E-state index >= 15 is 0 Å². The molecule has 0 aliphatic rings. The number of hydrogen-bond donors (Lipinski definition) is 1. The van der Waals surface area contributed by atoms with E-state index in [4.69, 9.17) is 9.47 Å². The lowest BCUT2D eigenvalue weighted by atomic mass is 9.92. The molecule has 0 saturated heterocycles. The van der Waals surface area contributed by atoms with Crippen LogP contribution in [0.25, 0.3) is 5.65 Å². The minimum absolute atomic E-state index is 0.00554. The van der Waals surface area contributed by atoms with Crippen LogP contribution in [-0.2, 0) is 9.53 Å². The standard InChI is InChI=1S/C22H27N3O3/c1-16-8-10-25-20(15-24-21(25)12-16)19(14-22(26)23-9-5-11-27-2)17-6-4-7-18(13-17)28-3/h4,6-8,10,12-13,15,19H,5,9,11,14H2,1-3H3,(H,23,26). The van der Waals surface area contributed by atoms with Gasteiger partial charge in [-0.05, 0) is 48.7 Å². The van der Waals surface area contributed by atoms with Crippen molar-refractivity contribution in [2.45, 2.75) is 25.7 Å². The molecular weight excluding hydrogens is 354 g/mol. The van der Waals surface area contributed by atoms with Gasteiger partial charge in [0.05, 0.1) is 12.8 Å². The van der Waals surface area contributed by atoms with Gasteiger partial charge in [-0.3, -0.25) is 4.79 Å². The summed E-state index contributed by atoms with van der Waals surface area (Å²) >= 11 is 0. The van der Waals surface area contributed by atoms with Gasteiger partial charge in [-0.2, -0.15) is 0 Å². The number of carbonyl (C=O) groups is 1. The van der Waals surface area contributed by atoms with E-state index < -0.39 is 0 Å². The van der Waals surface area contributed by atoms with Crippen molar-refractivity contribution >= 4 is 11.6 Å². The number of aryl methyl sites for hydroxylation is 1. The third kappa shape index (κ3) is 4.70. The Kier molecular flexibility index (Phi) is 6.66. The number of hydrogen-bond acceptors (Lipinski definition) is 4. The van der Waals surface area contributed by atoms with Crippen molar-refractivity contribution in [1.29, 1.82) is 0 Å². The molecule has 3 aromatic rings. The molecule has 28 heavy (non-hydrogen) atoms. The molecule has 0 fully saturated rings. The topological polar surface area (TPSA) is 64.9 Å². The normalized spacial score (nSPS) is 12.1. The molecule has 1 N–H and O–H groups in total. The van der Waals surface area contributed by atoms with Crippen LogP contribution in [0.2, 0.25) is 0 Å². The molecule has 148 valence electrons. The zero-order valence-electron chi connectivity index (χ0n) is 16.6. The van der Waals surface area contributed by atoms with E-state index in [0.29, 0.717) is 19.6 Å². The van der Waals surface area contributed by atoms with Crippen molar-refractivity contribution < 1.29 is 14.3 Å². The first-order valence-corrected chi connectivity index (χ1v) is 9.45. The van der Waals surface area contributed by atoms with Crippen LogP contribution in [0.15, 0.2) is 48.8 Å². The van der Waals surface area contributed by atoms with Gasteiger partial charge in [-0.1, -0.05) is 12.1 Å². The number of fused-ring (bicyclic) bond motifs is 1. The Morgan fingerprint density at radius 1 is 1.25 bits per heavy atom. The van der Waals surface area contributed by atoms with E-state index in [0.717, 1.165) is 34.6 Å². The van der Waals surface area contributed by atoms with E-state index in [9.17, 15) is 4.79 Å². The summed E-state index contributed by atoms with van der Waals surface area (Å²) in [5.74, 6) is 0.647. The minimum Gasteiger partial charge on any atom is -0.497 e. The number of nitrogens with one attached hydrogen (secondary N) is 1. The smallest absolute Gasteiger partial charge is 0.221 e. The maximum atomic E-state index is 12.6. The summed E-state index contributed by atoms with van der Waals surface area (Å²) in [6, 6.07) is 12.0. The van der Waals surface area contributed by atoms with E-state index in [1.165, 1.54) is 0 Å². The summed E-state index contributed by atoms with van der Waals surface area (Å²) in [5.41, 5.74) is 4.03. The van der Waals surface area contributed by atoms with Crippen LogP contribution < -0.4 is 10.1 Å². The Morgan fingerprint density at radius 3 is 2.89 bits per heavy atom. The molecule has 1 unspecified atom stereocenters. The number of nitrogens with zero attached hydrogens (tertiary/aromatic N) is 2. The highest BCUT2D eigenvalue weighted by Gasteiger charge is 2.22.